The Labute approximate surface area is 98.1 Å². The Kier molecular flexibility index (Phi) is 8.15. The molecule has 96 valence electrons. The number of nitrogens with one attached hydrogen (secondary N) is 1. The van der Waals surface area contributed by atoms with E-state index in [0.29, 0.717) is 6.54 Å². The topological polar surface area (TPSA) is 50.8 Å². The summed E-state index contributed by atoms with van der Waals surface area (Å²) >= 11 is 0. The Hall–Kier alpha value is -0.650. The van der Waals surface area contributed by atoms with Crippen molar-refractivity contribution in [3.8, 4) is 0 Å². The summed E-state index contributed by atoms with van der Waals surface area (Å²) in [6.45, 7) is 7.77. The fourth-order valence-electron chi connectivity index (χ4n) is 1.43. The van der Waals surface area contributed by atoms with Gasteiger partial charge in [-0.15, -0.1) is 0 Å². The average molecular weight is 232 g/mol. The smallest absolute Gasteiger partial charge is 0.239 e. The Morgan fingerprint density at radius 1 is 1.25 bits per heavy atom. The highest BCUT2D eigenvalue weighted by molar-refractivity contribution is 5.81. The van der Waals surface area contributed by atoms with Crippen molar-refractivity contribution in [1.82, 2.24) is 10.2 Å². The van der Waals surface area contributed by atoms with E-state index in [1.54, 1.807) is 19.1 Å². The number of rotatable bonds is 8. The molecule has 1 N–H and O–H groups in total. The quantitative estimate of drug-likeness (QED) is 0.617. The maximum Gasteiger partial charge on any atom is 0.239 e. The van der Waals surface area contributed by atoms with Crippen LogP contribution in [0, 0.1) is 0 Å². The first-order valence-electron chi connectivity index (χ1n) is 5.68. The number of hydrogen-bond acceptors (Lipinski definition) is 4. The second-order valence-corrected chi connectivity index (χ2v) is 3.54. The zero-order chi connectivity index (χ0) is 12.6. The van der Waals surface area contributed by atoms with Gasteiger partial charge in [0.15, 0.2) is 6.29 Å². The minimum absolute atomic E-state index is 0.107. The van der Waals surface area contributed by atoms with E-state index in [9.17, 15) is 4.79 Å². The number of ether oxygens (including phenoxy) is 2. The van der Waals surface area contributed by atoms with Gasteiger partial charge in [0.2, 0.25) is 5.91 Å². The number of nitrogens with zero attached hydrogens (tertiary/aromatic N) is 1. The predicted octanol–water partition coefficient (Wildman–Crippen LogP) is 0.452. The van der Waals surface area contributed by atoms with Gasteiger partial charge in [0.25, 0.3) is 0 Å². The van der Waals surface area contributed by atoms with Gasteiger partial charge in [-0.2, -0.15) is 0 Å². The Morgan fingerprint density at radius 3 is 2.12 bits per heavy atom. The summed E-state index contributed by atoms with van der Waals surface area (Å²) in [6.07, 6.45) is -0.313. The van der Waals surface area contributed by atoms with Crippen LogP contribution in [0.2, 0.25) is 0 Å². The maximum atomic E-state index is 11.9. The normalized spacial score (nSPS) is 12.9. The van der Waals surface area contributed by atoms with Gasteiger partial charge in [0.1, 0.15) is 0 Å². The first-order chi connectivity index (χ1) is 7.60. The number of likely N-dealkylation sites (N-methyl/N-ethyl adjacent to an activating group) is 1. The van der Waals surface area contributed by atoms with Crippen molar-refractivity contribution in [2.45, 2.75) is 33.1 Å². The molecule has 0 aromatic rings. The van der Waals surface area contributed by atoms with Crippen molar-refractivity contribution in [2.24, 2.45) is 0 Å². The predicted molar refractivity (Wildman–Crippen MR) is 63.2 cm³/mol. The van der Waals surface area contributed by atoms with Crippen molar-refractivity contribution < 1.29 is 14.3 Å². The molecule has 5 nitrogen and oxygen atoms in total. The molecule has 0 fully saturated rings. The average Bonchev–Trinajstić information content (AvgIpc) is 2.31. The highest BCUT2D eigenvalue weighted by atomic mass is 16.7. The standard InChI is InChI=1S/C11H24N2O3/c1-6-13(7-2)11(14)9(3)12-8-10(15-4)16-5/h9-10,12H,6-8H2,1-5H3. The van der Waals surface area contributed by atoms with Crippen LogP contribution < -0.4 is 5.32 Å². The second-order valence-electron chi connectivity index (χ2n) is 3.54. The monoisotopic (exact) mass is 232 g/mol. The molecule has 0 saturated heterocycles. The lowest BCUT2D eigenvalue weighted by molar-refractivity contribution is -0.134. The molecule has 0 rings (SSSR count). The van der Waals surface area contributed by atoms with Crippen molar-refractivity contribution in [1.29, 1.82) is 0 Å². The minimum atomic E-state index is -0.313. The van der Waals surface area contributed by atoms with Crippen LogP contribution in [0.3, 0.4) is 0 Å². The van der Waals surface area contributed by atoms with E-state index in [-0.39, 0.29) is 18.2 Å². The fourth-order valence-corrected chi connectivity index (χ4v) is 1.43. The first kappa shape index (κ1) is 15.3. The van der Waals surface area contributed by atoms with Gasteiger partial charge in [-0.25, -0.2) is 0 Å². The zero-order valence-corrected chi connectivity index (χ0v) is 10.9. The summed E-state index contributed by atoms with van der Waals surface area (Å²) in [7, 11) is 3.15. The minimum Gasteiger partial charge on any atom is -0.355 e. The van der Waals surface area contributed by atoms with Crippen LogP contribution in [0.15, 0.2) is 0 Å². The molecule has 16 heavy (non-hydrogen) atoms. The van der Waals surface area contributed by atoms with Gasteiger partial charge < -0.3 is 19.7 Å². The number of methoxy groups -OCH3 is 2. The first-order valence-corrected chi connectivity index (χ1v) is 5.68. The summed E-state index contributed by atoms with van der Waals surface area (Å²) in [5.41, 5.74) is 0. The SMILES string of the molecule is CCN(CC)C(=O)C(C)NCC(OC)OC. The van der Waals surface area contributed by atoms with Crippen LogP contribution in [0.4, 0.5) is 0 Å². The van der Waals surface area contributed by atoms with Crippen molar-refractivity contribution in [3.05, 3.63) is 0 Å². The Morgan fingerprint density at radius 2 is 1.75 bits per heavy atom. The van der Waals surface area contributed by atoms with Crippen LogP contribution >= 0.6 is 0 Å². The molecule has 0 aromatic heterocycles. The van der Waals surface area contributed by atoms with E-state index >= 15 is 0 Å². The fraction of sp³-hybridized carbons (Fsp3) is 0.909. The molecule has 1 amide bonds. The van der Waals surface area contributed by atoms with Gasteiger partial charge in [0.05, 0.1) is 6.04 Å². The molecule has 0 aliphatic rings. The highest BCUT2D eigenvalue weighted by Gasteiger charge is 2.18. The number of hydrogen-bond donors (Lipinski definition) is 1. The van der Waals surface area contributed by atoms with Crippen LogP contribution in [0.25, 0.3) is 0 Å². The number of amides is 1. The van der Waals surface area contributed by atoms with Crippen LogP contribution in [-0.2, 0) is 14.3 Å². The molecular weight excluding hydrogens is 208 g/mol. The van der Waals surface area contributed by atoms with Gasteiger partial charge in [-0.05, 0) is 20.8 Å². The Bertz CT molecular complexity index is 192. The molecule has 0 bridgehead atoms. The molecule has 1 unspecified atom stereocenters. The van der Waals surface area contributed by atoms with Gasteiger partial charge in [0, 0.05) is 33.9 Å². The lowest BCUT2D eigenvalue weighted by atomic mass is 10.2. The molecule has 0 spiro atoms. The molecule has 0 aromatic carbocycles. The summed E-state index contributed by atoms with van der Waals surface area (Å²) in [5.74, 6) is 0.107. The molecular formula is C11H24N2O3. The molecule has 0 aliphatic heterocycles. The van der Waals surface area contributed by atoms with E-state index in [4.69, 9.17) is 9.47 Å². The largest absolute Gasteiger partial charge is 0.355 e. The molecule has 0 aliphatic carbocycles. The van der Waals surface area contributed by atoms with E-state index in [0.717, 1.165) is 13.1 Å². The molecule has 0 heterocycles. The summed E-state index contributed by atoms with van der Waals surface area (Å²) in [5, 5.41) is 3.09. The zero-order valence-electron chi connectivity index (χ0n) is 10.9. The van der Waals surface area contributed by atoms with Gasteiger partial charge in [-0.3, -0.25) is 4.79 Å². The Balaban J connectivity index is 4.04. The summed E-state index contributed by atoms with van der Waals surface area (Å²) < 4.78 is 10.1. The lowest BCUT2D eigenvalue weighted by Gasteiger charge is -2.24. The molecule has 1 atom stereocenters. The third kappa shape index (κ3) is 4.92. The second kappa shape index (κ2) is 8.50. The van der Waals surface area contributed by atoms with Crippen molar-refractivity contribution in [3.63, 3.8) is 0 Å². The molecule has 0 radical (unpaired) electrons. The third-order valence-electron chi connectivity index (χ3n) is 2.56. The van der Waals surface area contributed by atoms with E-state index in [1.165, 1.54) is 0 Å². The molecule has 5 heteroatoms. The van der Waals surface area contributed by atoms with E-state index in [2.05, 4.69) is 5.32 Å². The van der Waals surface area contributed by atoms with Gasteiger partial charge >= 0.3 is 0 Å². The van der Waals surface area contributed by atoms with Crippen molar-refractivity contribution in [2.75, 3.05) is 33.9 Å². The van der Waals surface area contributed by atoms with E-state index < -0.39 is 0 Å². The number of carbonyl (C=O) groups is 1. The van der Waals surface area contributed by atoms with Crippen LogP contribution in [-0.4, -0.2) is 57.0 Å². The van der Waals surface area contributed by atoms with Crippen LogP contribution in [0.1, 0.15) is 20.8 Å². The molecule has 0 saturated carbocycles. The van der Waals surface area contributed by atoms with Crippen LogP contribution in [0.5, 0.6) is 0 Å². The summed E-state index contributed by atoms with van der Waals surface area (Å²) in [6, 6.07) is -0.215. The third-order valence-corrected chi connectivity index (χ3v) is 2.56. The lowest BCUT2D eigenvalue weighted by Crippen LogP contribution is -2.47. The summed E-state index contributed by atoms with van der Waals surface area (Å²) in [4.78, 5) is 13.7. The van der Waals surface area contributed by atoms with Crippen molar-refractivity contribution >= 4 is 5.91 Å². The highest BCUT2D eigenvalue weighted by Crippen LogP contribution is 1.96. The maximum absolute atomic E-state index is 11.9. The van der Waals surface area contributed by atoms with Gasteiger partial charge in [-0.1, -0.05) is 0 Å². The van der Waals surface area contributed by atoms with E-state index in [1.807, 2.05) is 20.8 Å². The number of carbonyl (C=O) groups excluding carboxylic acids is 1.